The molecule has 0 saturated heterocycles. The van der Waals surface area contributed by atoms with Crippen LogP contribution < -0.4 is 5.32 Å². The molecule has 0 atom stereocenters. The van der Waals surface area contributed by atoms with Gasteiger partial charge in [0.1, 0.15) is 0 Å². The lowest BCUT2D eigenvalue weighted by molar-refractivity contribution is -0.137. The topological polar surface area (TPSA) is 15.3 Å². The van der Waals surface area contributed by atoms with Gasteiger partial charge in [-0.1, -0.05) is 13.8 Å². The molecule has 0 aromatic carbocycles. The largest absolute Gasteiger partial charge is 0.390 e. The first kappa shape index (κ1) is 16.5. The van der Waals surface area contributed by atoms with E-state index < -0.39 is 12.6 Å². The Bertz CT molecular complexity index is 374. The Hall–Kier alpha value is -0.590. The van der Waals surface area contributed by atoms with E-state index in [1.165, 1.54) is 4.88 Å². The van der Waals surface area contributed by atoms with Crippen molar-refractivity contribution in [3.05, 3.63) is 21.9 Å². The molecule has 1 heterocycles. The summed E-state index contributed by atoms with van der Waals surface area (Å²) >= 11 is 1.65. The van der Waals surface area contributed by atoms with Gasteiger partial charge >= 0.3 is 6.18 Å². The van der Waals surface area contributed by atoms with Gasteiger partial charge in [0.05, 0.1) is 6.42 Å². The van der Waals surface area contributed by atoms with Crippen molar-refractivity contribution in [2.75, 3.05) is 13.6 Å². The Morgan fingerprint density at radius 1 is 1.26 bits per heavy atom. The van der Waals surface area contributed by atoms with Crippen molar-refractivity contribution < 1.29 is 13.2 Å². The first-order valence-corrected chi connectivity index (χ1v) is 7.14. The summed E-state index contributed by atoms with van der Waals surface area (Å²) in [5, 5.41) is 3.32. The van der Waals surface area contributed by atoms with Crippen LogP contribution in [0.15, 0.2) is 12.1 Å². The van der Waals surface area contributed by atoms with Gasteiger partial charge in [-0.15, -0.1) is 11.3 Å². The second-order valence-electron chi connectivity index (χ2n) is 5.01. The Balaban J connectivity index is 2.36. The van der Waals surface area contributed by atoms with Crippen LogP contribution in [0.4, 0.5) is 13.2 Å². The van der Waals surface area contributed by atoms with Crippen LogP contribution in [0.3, 0.4) is 0 Å². The van der Waals surface area contributed by atoms with Crippen molar-refractivity contribution >= 4 is 11.3 Å². The van der Waals surface area contributed by atoms with Gasteiger partial charge in [0.15, 0.2) is 0 Å². The van der Waals surface area contributed by atoms with Crippen molar-refractivity contribution in [2.24, 2.45) is 0 Å². The van der Waals surface area contributed by atoms with Crippen LogP contribution in [0.1, 0.15) is 30.0 Å². The van der Waals surface area contributed by atoms with Crippen LogP contribution >= 0.6 is 11.3 Å². The Labute approximate surface area is 116 Å². The van der Waals surface area contributed by atoms with Crippen LogP contribution in [0.5, 0.6) is 0 Å². The minimum absolute atomic E-state index is 0.0426. The highest BCUT2D eigenvalue weighted by atomic mass is 32.1. The van der Waals surface area contributed by atoms with E-state index in [9.17, 15) is 13.2 Å². The number of nitrogens with one attached hydrogen (secondary N) is 1. The number of halogens is 3. The maximum atomic E-state index is 12.1. The summed E-state index contributed by atoms with van der Waals surface area (Å²) in [6, 6.07) is 4.46. The van der Waals surface area contributed by atoms with Crippen molar-refractivity contribution in [3.8, 4) is 0 Å². The summed E-state index contributed by atoms with van der Waals surface area (Å²) in [4.78, 5) is 4.03. The third-order valence-electron chi connectivity index (χ3n) is 2.60. The van der Waals surface area contributed by atoms with Gasteiger partial charge < -0.3 is 10.2 Å². The van der Waals surface area contributed by atoms with Gasteiger partial charge in [-0.3, -0.25) is 0 Å². The smallest absolute Gasteiger partial charge is 0.310 e. The minimum Gasteiger partial charge on any atom is -0.310 e. The molecule has 2 nitrogen and oxygen atoms in total. The van der Waals surface area contributed by atoms with Crippen LogP contribution in [0, 0.1) is 0 Å². The molecule has 0 amide bonds. The number of hydrogen-bond donors (Lipinski definition) is 1. The zero-order chi connectivity index (χ0) is 14.5. The Morgan fingerprint density at radius 2 is 1.89 bits per heavy atom. The molecule has 0 saturated carbocycles. The van der Waals surface area contributed by atoms with E-state index in [2.05, 4.69) is 19.2 Å². The Kier molecular flexibility index (Phi) is 6.29. The summed E-state index contributed by atoms with van der Waals surface area (Å²) in [6.07, 6.45) is -4.83. The third kappa shape index (κ3) is 7.54. The van der Waals surface area contributed by atoms with Crippen LogP contribution in [0.2, 0.25) is 0 Å². The summed E-state index contributed by atoms with van der Waals surface area (Å²) < 4.78 is 36.3. The fourth-order valence-electron chi connectivity index (χ4n) is 1.57. The van der Waals surface area contributed by atoms with Crippen molar-refractivity contribution in [2.45, 2.75) is 45.6 Å². The molecule has 1 aromatic rings. The van der Waals surface area contributed by atoms with Gasteiger partial charge in [0, 0.05) is 35.4 Å². The molecule has 1 aromatic heterocycles. The fraction of sp³-hybridized carbons (Fsp3) is 0.692. The fourth-order valence-corrected chi connectivity index (χ4v) is 2.62. The maximum Gasteiger partial charge on any atom is 0.390 e. The van der Waals surface area contributed by atoms with Crippen LogP contribution in [-0.4, -0.2) is 30.7 Å². The summed E-state index contributed by atoms with van der Waals surface area (Å²) in [7, 11) is 1.72. The van der Waals surface area contributed by atoms with E-state index in [1.54, 1.807) is 23.3 Å². The van der Waals surface area contributed by atoms with Gasteiger partial charge in [0.25, 0.3) is 0 Å². The average Bonchev–Trinajstić information content (AvgIpc) is 2.70. The first-order chi connectivity index (χ1) is 8.76. The molecule has 0 bridgehead atoms. The van der Waals surface area contributed by atoms with Crippen LogP contribution in [-0.2, 0) is 13.1 Å². The zero-order valence-electron chi connectivity index (χ0n) is 11.5. The molecule has 1 rings (SSSR count). The van der Waals surface area contributed by atoms with Gasteiger partial charge in [-0.05, 0) is 19.2 Å². The molecular formula is C13H21F3N2S. The molecule has 0 unspecified atom stereocenters. The monoisotopic (exact) mass is 294 g/mol. The molecule has 6 heteroatoms. The Morgan fingerprint density at radius 3 is 2.47 bits per heavy atom. The first-order valence-electron chi connectivity index (χ1n) is 6.32. The molecular weight excluding hydrogens is 273 g/mol. The molecule has 0 spiro atoms. The summed E-state index contributed by atoms with van der Waals surface area (Å²) in [5.74, 6) is 0. The quantitative estimate of drug-likeness (QED) is 0.826. The van der Waals surface area contributed by atoms with Gasteiger partial charge in [-0.25, -0.2) is 0 Å². The second-order valence-corrected chi connectivity index (χ2v) is 6.26. The number of rotatable bonds is 7. The maximum absolute atomic E-state index is 12.1. The molecule has 0 aliphatic carbocycles. The van der Waals surface area contributed by atoms with E-state index in [0.29, 0.717) is 12.6 Å². The lowest BCUT2D eigenvalue weighted by Gasteiger charge is -2.16. The third-order valence-corrected chi connectivity index (χ3v) is 3.67. The van der Waals surface area contributed by atoms with E-state index in [0.717, 1.165) is 11.4 Å². The average molecular weight is 294 g/mol. The van der Waals surface area contributed by atoms with Gasteiger partial charge in [0.2, 0.25) is 0 Å². The summed E-state index contributed by atoms with van der Waals surface area (Å²) in [6.45, 7) is 5.59. The molecule has 0 fully saturated rings. The van der Waals surface area contributed by atoms with Gasteiger partial charge in [-0.2, -0.15) is 13.2 Å². The van der Waals surface area contributed by atoms with Crippen molar-refractivity contribution in [1.29, 1.82) is 0 Å². The van der Waals surface area contributed by atoms with Crippen LogP contribution in [0.25, 0.3) is 0 Å². The second kappa shape index (κ2) is 7.26. The predicted molar refractivity (Wildman–Crippen MR) is 73.3 cm³/mol. The minimum atomic E-state index is -4.07. The molecule has 110 valence electrons. The number of thiophene rings is 1. The van der Waals surface area contributed by atoms with E-state index in [4.69, 9.17) is 0 Å². The highest BCUT2D eigenvalue weighted by Crippen LogP contribution is 2.21. The highest BCUT2D eigenvalue weighted by molar-refractivity contribution is 7.11. The predicted octanol–water partition coefficient (Wildman–Crippen LogP) is 3.63. The SMILES string of the molecule is CC(C)NCc1ccc(CN(C)CCC(F)(F)F)s1. The lowest BCUT2D eigenvalue weighted by Crippen LogP contribution is -2.23. The number of hydrogen-bond acceptors (Lipinski definition) is 3. The summed E-state index contributed by atoms with van der Waals surface area (Å²) in [5.41, 5.74) is 0. The highest BCUT2D eigenvalue weighted by Gasteiger charge is 2.27. The molecule has 0 aliphatic heterocycles. The van der Waals surface area contributed by atoms with Crippen molar-refractivity contribution in [3.63, 3.8) is 0 Å². The normalized spacial score (nSPS) is 12.6. The molecule has 0 radical (unpaired) electrons. The van der Waals surface area contributed by atoms with E-state index in [1.807, 2.05) is 12.1 Å². The van der Waals surface area contributed by atoms with Crippen molar-refractivity contribution in [1.82, 2.24) is 10.2 Å². The molecule has 0 aliphatic rings. The van der Waals surface area contributed by atoms with E-state index >= 15 is 0 Å². The standard InChI is InChI=1S/C13H21F3N2S/c1-10(2)17-8-11-4-5-12(19-11)9-18(3)7-6-13(14,15)16/h4-5,10,17H,6-9H2,1-3H3. The number of nitrogens with zero attached hydrogens (tertiary/aromatic N) is 1. The number of alkyl halides is 3. The zero-order valence-corrected chi connectivity index (χ0v) is 12.4. The molecule has 1 N–H and O–H groups in total. The molecule has 19 heavy (non-hydrogen) atoms. The lowest BCUT2D eigenvalue weighted by atomic mass is 10.3. The van der Waals surface area contributed by atoms with E-state index in [-0.39, 0.29) is 6.54 Å².